The van der Waals surface area contributed by atoms with Crippen molar-refractivity contribution in [3.63, 3.8) is 0 Å². The number of ether oxygens (including phenoxy) is 1. The topological polar surface area (TPSA) is 72.5 Å². The summed E-state index contributed by atoms with van der Waals surface area (Å²) in [7, 11) is 1.39. The van der Waals surface area contributed by atoms with E-state index < -0.39 is 10.3 Å². The predicted octanol–water partition coefficient (Wildman–Crippen LogP) is 2.44. The minimum atomic E-state index is -0.592. The van der Waals surface area contributed by atoms with Gasteiger partial charge in [-0.05, 0) is 12.5 Å². The van der Waals surface area contributed by atoms with Crippen LogP contribution in [0, 0.1) is 22.6 Å². The number of nitrogens with zero attached hydrogens (tertiary/aromatic N) is 2. The minimum absolute atomic E-state index is 0.259. The summed E-state index contributed by atoms with van der Waals surface area (Å²) in [5, 5.41) is 11.0. The third-order valence-electron chi connectivity index (χ3n) is 4.89. The van der Waals surface area contributed by atoms with Gasteiger partial charge in [-0.3, -0.25) is 10.1 Å². The summed E-state index contributed by atoms with van der Waals surface area (Å²) in [4.78, 5) is 22.6. The minimum Gasteiger partial charge on any atom is -0.464 e. The fourth-order valence-electron chi connectivity index (χ4n) is 3.27. The molecule has 0 amide bonds. The SMILES string of the molecule is COC(=O)[C@@H]1CCC[N+]1=CC(C)(c1ccccc1)C(C)[CH-][N+](=O)[O-]. The maximum Gasteiger partial charge on any atom is 0.375 e. The molecule has 130 valence electrons. The Morgan fingerprint density at radius 3 is 2.75 bits per heavy atom. The first-order valence-corrected chi connectivity index (χ1v) is 8.12. The van der Waals surface area contributed by atoms with Crippen molar-refractivity contribution in [3.8, 4) is 0 Å². The number of hydrogen-bond donors (Lipinski definition) is 0. The van der Waals surface area contributed by atoms with Gasteiger partial charge in [0.05, 0.1) is 12.5 Å². The van der Waals surface area contributed by atoms with Crippen molar-refractivity contribution in [2.24, 2.45) is 5.92 Å². The highest BCUT2D eigenvalue weighted by atomic mass is 16.6. The number of methoxy groups -OCH3 is 1. The molecular weight excluding hydrogens is 308 g/mol. The first-order chi connectivity index (χ1) is 11.4. The summed E-state index contributed by atoms with van der Waals surface area (Å²) in [5.41, 5.74) is 0.386. The average molecular weight is 332 g/mol. The molecule has 0 aromatic heterocycles. The number of carbonyl (C=O) groups is 1. The smallest absolute Gasteiger partial charge is 0.375 e. The molecule has 6 nitrogen and oxygen atoms in total. The highest BCUT2D eigenvalue weighted by Gasteiger charge is 2.40. The standard InChI is InChI=1S/C18H24N2O4/c1-14(12-20(22)23)18(2,15-8-5-4-6-9-15)13-19-11-7-10-16(19)17(21)24-3/h4-6,8-9,12-14,16H,7,10-11H2,1-3H3/t14?,16-,18?/m0/s1. The fourth-order valence-corrected chi connectivity index (χ4v) is 3.27. The van der Waals surface area contributed by atoms with Gasteiger partial charge < -0.3 is 4.74 Å². The molecule has 0 spiro atoms. The van der Waals surface area contributed by atoms with Crippen LogP contribution in [0.4, 0.5) is 0 Å². The maximum atomic E-state index is 12.0. The zero-order chi connectivity index (χ0) is 17.7. The monoisotopic (exact) mass is 332 g/mol. The first-order valence-electron chi connectivity index (χ1n) is 8.12. The summed E-state index contributed by atoms with van der Waals surface area (Å²) in [6.07, 6.45) is 3.61. The van der Waals surface area contributed by atoms with Crippen molar-refractivity contribution >= 4 is 12.2 Å². The van der Waals surface area contributed by atoms with Crippen LogP contribution in [0.2, 0.25) is 0 Å². The average Bonchev–Trinajstić information content (AvgIpc) is 3.02. The maximum absolute atomic E-state index is 12.0. The Morgan fingerprint density at radius 2 is 2.17 bits per heavy atom. The van der Waals surface area contributed by atoms with Crippen molar-refractivity contribution in [2.45, 2.75) is 38.1 Å². The van der Waals surface area contributed by atoms with E-state index in [2.05, 4.69) is 0 Å². The summed E-state index contributed by atoms with van der Waals surface area (Å²) >= 11 is 0. The molecule has 1 aliphatic heterocycles. The molecule has 0 radical (unpaired) electrons. The molecule has 6 heteroatoms. The first kappa shape index (κ1) is 18.0. The van der Waals surface area contributed by atoms with E-state index in [1.807, 2.05) is 55.0 Å². The summed E-state index contributed by atoms with van der Waals surface area (Å²) < 4.78 is 6.87. The zero-order valence-electron chi connectivity index (χ0n) is 14.3. The van der Waals surface area contributed by atoms with Gasteiger partial charge in [0.25, 0.3) is 0 Å². The van der Waals surface area contributed by atoms with Crippen LogP contribution in [-0.4, -0.2) is 41.4 Å². The van der Waals surface area contributed by atoms with Gasteiger partial charge in [0.2, 0.25) is 6.04 Å². The Morgan fingerprint density at radius 1 is 1.50 bits per heavy atom. The van der Waals surface area contributed by atoms with Crippen LogP contribution in [0.3, 0.4) is 0 Å². The molecule has 1 fully saturated rings. The Bertz CT molecular complexity index is 629. The van der Waals surface area contributed by atoms with Crippen molar-refractivity contribution in [1.29, 1.82) is 0 Å². The van der Waals surface area contributed by atoms with Crippen molar-refractivity contribution in [2.75, 3.05) is 13.7 Å². The van der Waals surface area contributed by atoms with E-state index in [0.29, 0.717) is 0 Å². The Hall–Kier alpha value is -2.37. The second-order valence-corrected chi connectivity index (χ2v) is 6.42. The molecule has 1 heterocycles. The van der Waals surface area contributed by atoms with Crippen LogP contribution < -0.4 is 0 Å². The lowest BCUT2D eigenvalue weighted by Gasteiger charge is -2.34. The van der Waals surface area contributed by atoms with E-state index in [0.717, 1.165) is 31.5 Å². The second kappa shape index (κ2) is 7.47. The lowest BCUT2D eigenvalue weighted by Crippen LogP contribution is -2.40. The number of nitro groups is 1. The van der Waals surface area contributed by atoms with Crippen LogP contribution in [0.15, 0.2) is 30.3 Å². The lowest BCUT2D eigenvalue weighted by molar-refractivity contribution is -0.531. The molecule has 1 aromatic carbocycles. The number of rotatable bonds is 6. The van der Waals surface area contributed by atoms with Gasteiger partial charge in [-0.2, -0.15) is 0 Å². The molecule has 2 rings (SSSR count). The quantitative estimate of drug-likeness (QED) is 0.264. The fraction of sp³-hybridized carbons (Fsp3) is 0.500. The number of carbonyl (C=O) groups excluding carboxylic acids is 1. The van der Waals surface area contributed by atoms with Crippen LogP contribution in [-0.2, 0) is 14.9 Å². The third-order valence-corrected chi connectivity index (χ3v) is 4.89. The van der Waals surface area contributed by atoms with Crippen molar-refractivity contribution in [3.05, 3.63) is 52.6 Å². The van der Waals surface area contributed by atoms with Gasteiger partial charge >= 0.3 is 5.97 Å². The second-order valence-electron chi connectivity index (χ2n) is 6.42. The molecule has 1 saturated heterocycles. The third kappa shape index (κ3) is 3.75. The van der Waals surface area contributed by atoms with Crippen molar-refractivity contribution < 1.29 is 19.0 Å². The Labute approximate surface area is 142 Å². The highest BCUT2D eigenvalue weighted by molar-refractivity contribution is 5.77. The molecule has 0 aliphatic carbocycles. The van der Waals surface area contributed by atoms with E-state index in [1.165, 1.54) is 7.11 Å². The van der Waals surface area contributed by atoms with Gasteiger partial charge in [0.1, 0.15) is 12.8 Å². The molecular formula is C18H24N2O4. The molecule has 0 saturated carbocycles. The highest BCUT2D eigenvalue weighted by Crippen LogP contribution is 2.33. The van der Waals surface area contributed by atoms with Crippen LogP contribution in [0.1, 0.15) is 32.3 Å². The molecule has 1 aliphatic rings. The van der Waals surface area contributed by atoms with E-state index in [9.17, 15) is 14.9 Å². The largest absolute Gasteiger partial charge is 0.464 e. The molecule has 24 heavy (non-hydrogen) atoms. The van der Waals surface area contributed by atoms with E-state index >= 15 is 0 Å². The summed E-state index contributed by atoms with van der Waals surface area (Å²) in [5.74, 6) is -0.598. The van der Waals surface area contributed by atoms with Crippen LogP contribution >= 0.6 is 0 Å². The predicted molar refractivity (Wildman–Crippen MR) is 90.5 cm³/mol. The van der Waals surface area contributed by atoms with E-state index in [-0.39, 0.29) is 17.9 Å². The molecule has 0 bridgehead atoms. The normalized spacial score (nSPS) is 22.6. The Balaban J connectivity index is 2.44. The Kier molecular flexibility index (Phi) is 5.59. The van der Waals surface area contributed by atoms with Crippen LogP contribution in [0.5, 0.6) is 0 Å². The van der Waals surface area contributed by atoms with Crippen LogP contribution in [0.25, 0.3) is 0 Å². The summed E-state index contributed by atoms with van der Waals surface area (Å²) in [6.45, 7) is 5.66. The van der Waals surface area contributed by atoms with Gasteiger partial charge in [-0.15, -0.1) is 4.92 Å². The number of hydrogen-bond acceptors (Lipinski definition) is 4. The zero-order valence-corrected chi connectivity index (χ0v) is 14.3. The van der Waals surface area contributed by atoms with Gasteiger partial charge in [0, 0.05) is 12.8 Å². The van der Waals surface area contributed by atoms with Gasteiger partial charge in [0.15, 0.2) is 0 Å². The number of benzene rings is 1. The number of esters is 1. The lowest BCUT2D eigenvalue weighted by atomic mass is 9.73. The van der Waals surface area contributed by atoms with Gasteiger partial charge in [-0.25, -0.2) is 9.37 Å². The van der Waals surface area contributed by atoms with Crippen molar-refractivity contribution in [1.82, 2.24) is 0 Å². The molecule has 2 unspecified atom stereocenters. The summed E-state index contributed by atoms with van der Waals surface area (Å²) in [6, 6.07) is 9.36. The van der Waals surface area contributed by atoms with E-state index in [4.69, 9.17) is 4.74 Å². The van der Waals surface area contributed by atoms with E-state index in [1.54, 1.807) is 0 Å². The molecule has 1 aromatic rings. The molecule has 3 atom stereocenters. The molecule has 0 N–H and O–H groups in total. The van der Waals surface area contributed by atoms with Gasteiger partial charge in [-0.1, -0.05) is 49.7 Å².